The van der Waals surface area contributed by atoms with Crippen molar-refractivity contribution >= 4 is 5.91 Å². The zero-order valence-corrected chi connectivity index (χ0v) is 34.5. The Hall–Kier alpha value is -0.650. The molecule has 0 aliphatic carbocycles. The van der Waals surface area contributed by atoms with Crippen molar-refractivity contribution in [2.75, 3.05) is 40.1 Å². The number of hydrogen-bond donors (Lipinski definition) is 1. The number of carbonyl (C=O) groups excluding carboxylic acids is 1. The Morgan fingerprint density at radius 2 is 0.800 bits per heavy atom. The average Bonchev–Trinajstić information content (AvgIpc) is 3.12. The third-order valence-electron chi connectivity index (χ3n) is 10.4. The van der Waals surface area contributed by atoms with Gasteiger partial charge in [-0.1, -0.05) is 219 Å². The summed E-state index contributed by atoms with van der Waals surface area (Å²) in [5.74, 6) is 0.0563. The Morgan fingerprint density at radius 3 is 1.18 bits per heavy atom. The lowest BCUT2D eigenvalue weighted by molar-refractivity contribution is -0.123. The van der Waals surface area contributed by atoms with E-state index >= 15 is 0 Å². The largest absolute Gasteiger partial charge is 0.382 e. The maximum Gasteiger partial charge on any atom is 0.222 e. The first-order chi connectivity index (χ1) is 24.7. The molecule has 300 valence electrons. The molecule has 0 spiro atoms. The first kappa shape index (κ1) is 49.4. The molecule has 0 rings (SSSR count). The van der Waals surface area contributed by atoms with Gasteiger partial charge in [-0.25, -0.2) is 0 Å². The van der Waals surface area contributed by atoms with Crippen molar-refractivity contribution in [3.63, 3.8) is 0 Å². The van der Waals surface area contributed by atoms with Crippen molar-refractivity contribution in [1.82, 2.24) is 5.32 Å². The molecule has 0 saturated carbocycles. The van der Waals surface area contributed by atoms with Crippen LogP contribution < -0.4 is 5.32 Å². The zero-order valence-electron chi connectivity index (χ0n) is 34.5. The minimum atomic E-state index is 0.0563. The number of ether oxygens (including phenoxy) is 3. The molecule has 1 unspecified atom stereocenters. The topological polar surface area (TPSA) is 56.8 Å². The minimum absolute atomic E-state index is 0.0563. The minimum Gasteiger partial charge on any atom is -0.382 e. The van der Waals surface area contributed by atoms with Crippen LogP contribution in [-0.2, 0) is 19.0 Å². The second-order valence-electron chi connectivity index (χ2n) is 15.4. The third-order valence-corrected chi connectivity index (χ3v) is 10.4. The summed E-state index contributed by atoms with van der Waals surface area (Å²) in [6.45, 7) is 7.57. The Balaban J connectivity index is 3.90. The Morgan fingerprint density at radius 1 is 0.440 bits per heavy atom. The second kappa shape index (κ2) is 44.5. The molecule has 0 aromatic rings. The Bertz CT molecular complexity index is 592. The van der Waals surface area contributed by atoms with E-state index in [9.17, 15) is 4.79 Å². The van der Waals surface area contributed by atoms with E-state index in [1.807, 2.05) is 0 Å². The molecule has 1 atom stereocenters. The fourth-order valence-electron chi connectivity index (χ4n) is 6.97. The summed E-state index contributed by atoms with van der Waals surface area (Å²) in [7, 11) is 1.66. The summed E-state index contributed by atoms with van der Waals surface area (Å²) in [6.07, 6.45) is 47.4. The highest BCUT2D eigenvalue weighted by atomic mass is 16.5. The van der Waals surface area contributed by atoms with Gasteiger partial charge in [-0.2, -0.15) is 0 Å². The predicted molar refractivity (Wildman–Crippen MR) is 218 cm³/mol. The standard InChI is InChI=1S/C45H91NO4/c1-4-6-8-10-12-14-16-18-20-22-23-25-27-29-31-33-35-37-44(43-46-45(47)38-40-49-42-41-48-3)50-39-36-34-32-30-28-26-24-21-19-17-15-13-11-9-7-5-2/h44H,4-43H2,1-3H3,(H,46,47). The van der Waals surface area contributed by atoms with Gasteiger partial charge in [0.2, 0.25) is 5.91 Å². The van der Waals surface area contributed by atoms with Crippen LogP contribution >= 0.6 is 0 Å². The molecule has 1 N–H and O–H groups in total. The van der Waals surface area contributed by atoms with Crippen LogP contribution in [0.15, 0.2) is 0 Å². The highest BCUT2D eigenvalue weighted by Gasteiger charge is 2.11. The van der Waals surface area contributed by atoms with Crippen molar-refractivity contribution in [2.24, 2.45) is 0 Å². The Kier molecular flexibility index (Phi) is 43.9. The first-order valence-corrected chi connectivity index (χ1v) is 22.7. The molecular weight excluding hydrogens is 618 g/mol. The molecule has 0 heterocycles. The van der Waals surface area contributed by atoms with Crippen LogP contribution in [0.4, 0.5) is 0 Å². The van der Waals surface area contributed by atoms with Gasteiger partial charge in [0.15, 0.2) is 0 Å². The lowest BCUT2D eigenvalue weighted by Crippen LogP contribution is -2.34. The molecule has 0 saturated heterocycles. The van der Waals surface area contributed by atoms with Gasteiger partial charge in [-0.3, -0.25) is 4.79 Å². The molecule has 1 amide bonds. The van der Waals surface area contributed by atoms with Gasteiger partial charge in [-0.05, 0) is 12.8 Å². The molecule has 0 aliphatic rings. The van der Waals surface area contributed by atoms with Crippen molar-refractivity contribution in [2.45, 2.75) is 245 Å². The lowest BCUT2D eigenvalue weighted by atomic mass is 10.0. The number of hydrogen-bond acceptors (Lipinski definition) is 4. The molecule has 0 fully saturated rings. The smallest absolute Gasteiger partial charge is 0.222 e. The molecule has 0 aliphatic heterocycles. The number of rotatable bonds is 44. The molecule has 0 bridgehead atoms. The number of amides is 1. The maximum atomic E-state index is 12.4. The van der Waals surface area contributed by atoms with Crippen LogP contribution in [0.5, 0.6) is 0 Å². The van der Waals surface area contributed by atoms with Gasteiger partial charge >= 0.3 is 0 Å². The SMILES string of the molecule is CCCCCCCCCCCCCCCCCCCC(CNC(=O)CCOCCOC)OCCCCCCCCCCCCCCCCCC. The highest BCUT2D eigenvalue weighted by molar-refractivity contribution is 5.75. The van der Waals surface area contributed by atoms with Gasteiger partial charge in [-0.15, -0.1) is 0 Å². The van der Waals surface area contributed by atoms with Gasteiger partial charge in [0.05, 0.1) is 25.9 Å². The fraction of sp³-hybridized carbons (Fsp3) is 0.978. The number of methoxy groups -OCH3 is 1. The van der Waals surface area contributed by atoms with E-state index in [4.69, 9.17) is 14.2 Å². The molecular formula is C45H91NO4. The van der Waals surface area contributed by atoms with Crippen LogP contribution in [0.1, 0.15) is 239 Å². The average molecular weight is 710 g/mol. The number of nitrogens with one attached hydrogen (secondary N) is 1. The fourth-order valence-corrected chi connectivity index (χ4v) is 6.97. The molecule has 0 radical (unpaired) electrons. The quantitative estimate of drug-likeness (QED) is 0.0640. The van der Waals surface area contributed by atoms with E-state index < -0.39 is 0 Å². The van der Waals surface area contributed by atoms with E-state index in [-0.39, 0.29) is 12.0 Å². The van der Waals surface area contributed by atoms with Crippen LogP contribution in [0, 0.1) is 0 Å². The third kappa shape index (κ3) is 41.8. The van der Waals surface area contributed by atoms with E-state index in [1.54, 1.807) is 7.11 Å². The van der Waals surface area contributed by atoms with Crippen molar-refractivity contribution in [3.05, 3.63) is 0 Å². The monoisotopic (exact) mass is 710 g/mol. The van der Waals surface area contributed by atoms with Crippen molar-refractivity contribution < 1.29 is 19.0 Å². The summed E-state index contributed by atoms with van der Waals surface area (Å²) in [5.41, 5.74) is 0. The summed E-state index contributed by atoms with van der Waals surface area (Å²) in [5, 5.41) is 3.11. The number of carbonyl (C=O) groups is 1. The van der Waals surface area contributed by atoms with Gasteiger partial charge in [0, 0.05) is 26.7 Å². The Labute approximate surface area is 314 Å². The number of unbranched alkanes of at least 4 members (excludes halogenated alkanes) is 31. The normalized spacial score (nSPS) is 12.1. The summed E-state index contributed by atoms with van der Waals surface area (Å²) >= 11 is 0. The predicted octanol–water partition coefficient (Wildman–Crippen LogP) is 13.8. The van der Waals surface area contributed by atoms with E-state index in [0.29, 0.717) is 32.8 Å². The maximum absolute atomic E-state index is 12.4. The molecule has 5 heteroatoms. The summed E-state index contributed by atoms with van der Waals surface area (Å²) < 4.78 is 16.8. The highest BCUT2D eigenvalue weighted by Crippen LogP contribution is 2.17. The van der Waals surface area contributed by atoms with E-state index in [1.165, 1.54) is 205 Å². The van der Waals surface area contributed by atoms with Gasteiger partial charge < -0.3 is 19.5 Å². The summed E-state index contributed by atoms with van der Waals surface area (Å²) in [4.78, 5) is 12.4. The van der Waals surface area contributed by atoms with E-state index in [2.05, 4.69) is 19.2 Å². The lowest BCUT2D eigenvalue weighted by Gasteiger charge is -2.19. The second-order valence-corrected chi connectivity index (χ2v) is 15.4. The molecule has 50 heavy (non-hydrogen) atoms. The van der Waals surface area contributed by atoms with Crippen LogP contribution in [0.25, 0.3) is 0 Å². The van der Waals surface area contributed by atoms with Crippen LogP contribution in [0.2, 0.25) is 0 Å². The van der Waals surface area contributed by atoms with E-state index in [0.717, 1.165) is 19.4 Å². The van der Waals surface area contributed by atoms with Crippen LogP contribution in [0.3, 0.4) is 0 Å². The summed E-state index contributed by atoms with van der Waals surface area (Å²) in [6, 6.07) is 0. The van der Waals surface area contributed by atoms with Crippen molar-refractivity contribution in [1.29, 1.82) is 0 Å². The van der Waals surface area contributed by atoms with Gasteiger partial charge in [0.1, 0.15) is 0 Å². The van der Waals surface area contributed by atoms with Gasteiger partial charge in [0.25, 0.3) is 0 Å². The molecule has 0 aromatic heterocycles. The van der Waals surface area contributed by atoms with Crippen molar-refractivity contribution in [3.8, 4) is 0 Å². The molecule has 0 aromatic carbocycles. The van der Waals surface area contributed by atoms with Crippen LogP contribution in [-0.4, -0.2) is 52.1 Å². The zero-order chi connectivity index (χ0) is 36.3. The first-order valence-electron chi connectivity index (χ1n) is 22.7. The molecule has 5 nitrogen and oxygen atoms in total.